The van der Waals surface area contributed by atoms with E-state index in [1.165, 1.54) is 39.1 Å². The van der Waals surface area contributed by atoms with Gasteiger partial charge in [-0.3, -0.25) is 0 Å². The van der Waals surface area contributed by atoms with Crippen LogP contribution in [0.15, 0.2) is 106 Å². The summed E-state index contributed by atoms with van der Waals surface area (Å²) in [6, 6.07) is 25.2. The van der Waals surface area contributed by atoms with Crippen LogP contribution in [0.4, 0.5) is 11.4 Å². The Bertz CT molecular complexity index is 2860. The maximum absolute atomic E-state index is 11.7. The van der Waals surface area contributed by atoms with Crippen molar-refractivity contribution in [1.29, 1.82) is 0 Å². The Kier molecular flexibility index (Phi) is 11.4. The first-order valence-electron chi connectivity index (χ1n) is 13.4. The molecule has 0 spiro atoms. The summed E-state index contributed by atoms with van der Waals surface area (Å²) >= 11 is 0. The maximum atomic E-state index is 11.7. The Morgan fingerprint density at radius 2 is 0.735 bits per heavy atom. The quantitative estimate of drug-likeness (QED) is 0.0770. The minimum absolute atomic E-state index is 0. The summed E-state index contributed by atoms with van der Waals surface area (Å²) in [5.41, 5.74) is 12.6. The van der Waals surface area contributed by atoms with E-state index < -0.39 is 45.0 Å². The molecular weight excluding hydrogens is 722 g/mol. The van der Waals surface area contributed by atoms with E-state index in [1.54, 1.807) is 0 Å². The molecule has 0 unspecified atom stereocenters. The van der Waals surface area contributed by atoms with Gasteiger partial charge < -0.3 is 25.1 Å². The molecule has 0 fully saturated rings. The van der Waals surface area contributed by atoms with Crippen LogP contribution in [0.1, 0.15) is 0 Å². The van der Waals surface area contributed by atoms with Gasteiger partial charge in [0.2, 0.25) is 0 Å². The Labute approximate surface area is 346 Å². The van der Waals surface area contributed by atoms with Crippen molar-refractivity contribution in [2.45, 2.75) is 14.7 Å². The topological polar surface area (TPSA) is 224 Å². The number of anilines is 2. The molecule has 11 nitrogen and oxygen atoms in total. The van der Waals surface area contributed by atoms with E-state index in [4.69, 9.17) is 11.5 Å². The number of nitrogen functional groups attached to an aromatic ring is 2. The van der Waals surface area contributed by atoms with E-state index in [-0.39, 0.29) is 127 Å². The molecule has 49 heavy (non-hydrogen) atoms. The van der Waals surface area contributed by atoms with Gasteiger partial charge in [0.05, 0.1) is 14.7 Å². The minimum Gasteiger partial charge on any atom is -0.744 e. The first-order chi connectivity index (χ1) is 21.6. The molecule has 232 valence electrons. The maximum Gasteiger partial charge on any atom is 1.00 e. The molecule has 17 heteroatoms. The number of benzene rings is 8. The Morgan fingerprint density at radius 3 is 1.22 bits per heavy atom. The standard InChI is InChI=1S/C16H11NO9S3.C16H11N.3Na/c17-11-5-12(27(18,19)20)8-3-4-10-14(29(24,25)26)6-13(28(21,22)23)9-2-1-7(11)15(8)16(9)10;17-14-9-7-12-5-4-10-2-1-3-11-6-8-13(14)16(12)15(10)11;;;/h1-6H,17H2,(H,18,19,20)(H,21,22,23)(H,24,25,26);1-9H,17H2;;;/q;;3*+1/p-3. The average Bonchev–Trinajstić information content (AvgIpc) is 2.98. The van der Waals surface area contributed by atoms with Crippen molar-refractivity contribution in [1.82, 2.24) is 0 Å². The first-order valence-corrected chi connectivity index (χ1v) is 17.6. The van der Waals surface area contributed by atoms with Crippen LogP contribution < -0.4 is 100 Å². The van der Waals surface area contributed by atoms with Gasteiger partial charge in [-0.25, -0.2) is 25.3 Å². The second kappa shape index (κ2) is 14.0. The zero-order valence-corrected chi connectivity index (χ0v) is 34.7. The Morgan fingerprint density at radius 1 is 0.388 bits per heavy atom. The molecule has 0 saturated heterocycles. The molecule has 0 radical (unpaired) electrons. The third-order valence-electron chi connectivity index (χ3n) is 8.19. The van der Waals surface area contributed by atoms with Crippen LogP contribution in [0.5, 0.6) is 0 Å². The molecule has 0 heterocycles. The normalized spacial score (nSPS) is 12.1. The second-order valence-corrected chi connectivity index (χ2v) is 14.8. The van der Waals surface area contributed by atoms with E-state index in [2.05, 4.69) is 48.5 Å². The van der Waals surface area contributed by atoms with Gasteiger partial charge in [-0.05, 0) is 50.5 Å². The summed E-state index contributed by atoms with van der Waals surface area (Å²) < 4.78 is 105. The van der Waals surface area contributed by atoms with Crippen LogP contribution in [0, 0.1) is 0 Å². The third kappa shape index (κ3) is 6.79. The summed E-state index contributed by atoms with van der Waals surface area (Å²) in [4.78, 5) is -2.65. The molecule has 8 aromatic carbocycles. The minimum atomic E-state index is -5.22. The molecule has 0 aromatic heterocycles. The van der Waals surface area contributed by atoms with Crippen LogP contribution in [-0.4, -0.2) is 38.9 Å². The van der Waals surface area contributed by atoms with Gasteiger partial charge in [0.25, 0.3) is 0 Å². The van der Waals surface area contributed by atoms with Gasteiger partial charge in [-0.2, -0.15) is 0 Å². The fraction of sp³-hybridized carbons (Fsp3) is 0. The number of nitrogens with two attached hydrogens (primary N) is 2. The molecule has 0 saturated carbocycles. The van der Waals surface area contributed by atoms with Gasteiger partial charge in [0.15, 0.2) is 0 Å². The van der Waals surface area contributed by atoms with Crippen molar-refractivity contribution in [2.24, 2.45) is 0 Å². The van der Waals surface area contributed by atoms with Crippen molar-refractivity contribution >= 4 is 106 Å². The van der Waals surface area contributed by atoms with Gasteiger partial charge in [0, 0.05) is 43.7 Å². The van der Waals surface area contributed by atoms with Gasteiger partial charge in [0.1, 0.15) is 30.4 Å². The zero-order valence-electron chi connectivity index (χ0n) is 26.2. The summed E-state index contributed by atoms with van der Waals surface area (Å²) in [6.07, 6.45) is 0. The fourth-order valence-corrected chi connectivity index (χ4v) is 8.49. The van der Waals surface area contributed by atoms with Gasteiger partial charge in [-0.15, -0.1) is 0 Å². The van der Waals surface area contributed by atoms with Crippen LogP contribution in [0.25, 0.3) is 64.6 Å². The second-order valence-electron chi connectivity index (χ2n) is 10.8. The number of hydrogen-bond acceptors (Lipinski definition) is 11. The van der Waals surface area contributed by atoms with Crippen molar-refractivity contribution in [3.63, 3.8) is 0 Å². The van der Waals surface area contributed by atoms with Crippen LogP contribution in [0.2, 0.25) is 0 Å². The molecule has 0 aliphatic heterocycles. The summed E-state index contributed by atoms with van der Waals surface area (Å²) in [6.45, 7) is 0. The van der Waals surface area contributed by atoms with E-state index >= 15 is 0 Å². The number of rotatable bonds is 3. The van der Waals surface area contributed by atoms with Crippen molar-refractivity contribution < 1.29 is 128 Å². The zero-order chi connectivity index (χ0) is 32.9. The van der Waals surface area contributed by atoms with E-state index in [0.29, 0.717) is 6.07 Å². The van der Waals surface area contributed by atoms with Crippen LogP contribution in [-0.2, 0) is 30.4 Å². The van der Waals surface area contributed by atoms with Crippen molar-refractivity contribution in [2.75, 3.05) is 11.5 Å². The van der Waals surface area contributed by atoms with Crippen molar-refractivity contribution in [3.05, 3.63) is 91.0 Å². The molecule has 4 N–H and O–H groups in total. The predicted molar refractivity (Wildman–Crippen MR) is 173 cm³/mol. The van der Waals surface area contributed by atoms with E-state index in [9.17, 15) is 38.9 Å². The summed E-state index contributed by atoms with van der Waals surface area (Å²) in [7, 11) is -15.5. The molecular formula is C32H19N2Na3O9S3. The molecule has 8 rings (SSSR count). The molecule has 0 bridgehead atoms. The summed E-state index contributed by atoms with van der Waals surface area (Å²) in [5.74, 6) is 0. The number of hydrogen-bond donors (Lipinski definition) is 2. The molecule has 0 aliphatic carbocycles. The van der Waals surface area contributed by atoms with E-state index in [1.807, 2.05) is 6.07 Å². The monoisotopic (exact) mass is 740 g/mol. The fourth-order valence-electron chi connectivity index (χ4n) is 6.30. The van der Waals surface area contributed by atoms with Crippen LogP contribution >= 0.6 is 0 Å². The largest absolute Gasteiger partial charge is 1.00 e. The summed E-state index contributed by atoms with van der Waals surface area (Å²) in [5, 5.41) is 6.93. The molecule has 0 amide bonds. The SMILES string of the molecule is Nc1cc(S(=O)(=O)[O-])c2ccc3c(S(=O)(=O)[O-])cc(S(=O)(=O)[O-])c4ccc1c2c43.Nc1ccc2ccc3cccc4ccc1c2c34.[Na+].[Na+].[Na+]. The van der Waals surface area contributed by atoms with Gasteiger partial charge >= 0.3 is 88.7 Å². The predicted octanol–water partition coefficient (Wildman–Crippen LogP) is -3.94. The van der Waals surface area contributed by atoms with E-state index in [0.717, 1.165) is 29.3 Å². The molecule has 0 aliphatic rings. The Hall–Kier alpha value is -1.83. The third-order valence-corrected chi connectivity index (χ3v) is 10.8. The average molecular weight is 741 g/mol. The van der Waals surface area contributed by atoms with Crippen LogP contribution in [0.3, 0.4) is 0 Å². The molecule has 8 aromatic rings. The first kappa shape index (κ1) is 39.9. The smallest absolute Gasteiger partial charge is 0.744 e. The van der Waals surface area contributed by atoms with Crippen molar-refractivity contribution in [3.8, 4) is 0 Å². The molecule has 0 atom stereocenters. The Balaban J connectivity index is 0.000000231. The van der Waals surface area contributed by atoms with Gasteiger partial charge in [-0.1, -0.05) is 72.8 Å².